The van der Waals surface area contributed by atoms with Crippen molar-refractivity contribution in [3.8, 4) is 11.5 Å². The summed E-state index contributed by atoms with van der Waals surface area (Å²) in [4.78, 5) is 24.9. The lowest BCUT2D eigenvalue weighted by Crippen LogP contribution is -2.35. The van der Waals surface area contributed by atoms with Gasteiger partial charge in [-0.2, -0.15) is 0 Å². The molecular weight excluding hydrogens is 344 g/mol. The number of methoxy groups -OCH3 is 2. The molecule has 1 fully saturated rings. The third kappa shape index (κ3) is 3.16. The molecule has 1 aliphatic heterocycles. The fourth-order valence-corrected chi connectivity index (χ4v) is 2.75. The van der Waals surface area contributed by atoms with Crippen LogP contribution in [-0.4, -0.2) is 26.0 Å². The smallest absolute Gasteiger partial charge is 0.282 e. The average molecular weight is 359 g/mol. The van der Waals surface area contributed by atoms with Crippen molar-refractivity contribution in [2.45, 2.75) is 0 Å². The van der Waals surface area contributed by atoms with Gasteiger partial charge < -0.3 is 9.47 Å². The van der Waals surface area contributed by atoms with E-state index >= 15 is 0 Å². The molecule has 0 atom stereocenters. The second-order valence-electron chi connectivity index (χ2n) is 5.21. The molecular formula is C18H15ClN2O4. The van der Waals surface area contributed by atoms with Crippen LogP contribution in [0.1, 0.15) is 5.56 Å². The second-order valence-corrected chi connectivity index (χ2v) is 5.64. The molecule has 0 radical (unpaired) electrons. The van der Waals surface area contributed by atoms with E-state index in [4.69, 9.17) is 21.1 Å². The van der Waals surface area contributed by atoms with Crippen LogP contribution in [0.3, 0.4) is 0 Å². The normalized spacial score (nSPS) is 15.5. The van der Waals surface area contributed by atoms with Crippen LogP contribution >= 0.6 is 11.6 Å². The van der Waals surface area contributed by atoms with Gasteiger partial charge in [-0.25, -0.2) is 5.01 Å². The molecule has 25 heavy (non-hydrogen) atoms. The van der Waals surface area contributed by atoms with Crippen molar-refractivity contribution in [2.24, 2.45) is 0 Å². The number of hydrogen-bond donors (Lipinski definition) is 1. The van der Waals surface area contributed by atoms with Crippen LogP contribution in [-0.2, 0) is 9.59 Å². The molecule has 1 N–H and O–H groups in total. The second kappa shape index (κ2) is 6.86. The summed E-state index contributed by atoms with van der Waals surface area (Å²) in [6, 6.07) is 12.0. The third-order valence-electron chi connectivity index (χ3n) is 3.68. The van der Waals surface area contributed by atoms with Crippen molar-refractivity contribution in [3.63, 3.8) is 0 Å². The molecule has 1 aliphatic rings. The summed E-state index contributed by atoms with van der Waals surface area (Å²) in [6.45, 7) is 0. The first-order chi connectivity index (χ1) is 12.0. The van der Waals surface area contributed by atoms with Crippen LogP contribution < -0.4 is 19.9 Å². The van der Waals surface area contributed by atoms with Gasteiger partial charge in [0.25, 0.3) is 11.8 Å². The van der Waals surface area contributed by atoms with Crippen molar-refractivity contribution >= 4 is 35.2 Å². The Bertz CT molecular complexity index is 865. The van der Waals surface area contributed by atoms with Gasteiger partial charge in [0.05, 0.1) is 19.9 Å². The number of rotatable bonds is 4. The SMILES string of the molecule is COc1cc(Cl)cc(C=C2C(=O)NN(c3ccccc3)C2=O)c1OC. The molecule has 7 heteroatoms. The highest BCUT2D eigenvalue weighted by Gasteiger charge is 2.34. The standard InChI is InChI=1S/C18H15ClN2O4/c1-24-15-10-12(19)8-11(16(15)25-2)9-14-17(22)20-21(18(14)23)13-6-4-3-5-7-13/h3-10H,1-2H3,(H,20,22). The topological polar surface area (TPSA) is 67.9 Å². The molecule has 1 heterocycles. The Hall–Kier alpha value is -2.99. The lowest BCUT2D eigenvalue weighted by atomic mass is 10.1. The lowest BCUT2D eigenvalue weighted by molar-refractivity contribution is -0.117. The highest BCUT2D eigenvalue weighted by atomic mass is 35.5. The van der Waals surface area contributed by atoms with Gasteiger partial charge >= 0.3 is 0 Å². The minimum absolute atomic E-state index is 0.0218. The molecule has 1 saturated heterocycles. The zero-order chi connectivity index (χ0) is 18.0. The molecule has 0 saturated carbocycles. The number of anilines is 1. The van der Waals surface area contributed by atoms with Gasteiger partial charge in [-0.05, 0) is 24.3 Å². The van der Waals surface area contributed by atoms with Crippen molar-refractivity contribution in [3.05, 3.63) is 58.6 Å². The Kier molecular flexibility index (Phi) is 4.63. The van der Waals surface area contributed by atoms with E-state index in [2.05, 4.69) is 5.43 Å². The maximum Gasteiger partial charge on any atom is 0.282 e. The van der Waals surface area contributed by atoms with E-state index in [-0.39, 0.29) is 5.57 Å². The van der Waals surface area contributed by atoms with Crippen molar-refractivity contribution < 1.29 is 19.1 Å². The van der Waals surface area contributed by atoms with E-state index in [0.29, 0.717) is 27.8 Å². The lowest BCUT2D eigenvalue weighted by Gasteiger charge is -2.14. The fourth-order valence-electron chi connectivity index (χ4n) is 2.54. The number of carbonyl (C=O) groups is 2. The third-order valence-corrected chi connectivity index (χ3v) is 3.90. The fraction of sp³-hybridized carbons (Fsp3) is 0.111. The van der Waals surface area contributed by atoms with Crippen molar-refractivity contribution in [1.82, 2.24) is 5.43 Å². The maximum absolute atomic E-state index is 12.6. The molecule has 2 amide bonds. The van der Waals surface area contributed by atoms with Crippen LogP contribution in [0.5, 0.6) is 11.5 Å². The first-order valence-corrected chi connectivity index (χ1v) is 7.76. The Morgan fingerprint density at radius 3 is 2.44 bits per heavy atom. The number of benzene rings is 2. The first kappa shape index (κ1) is 16.9. The minimum Gasteiger partial charge on any atom is -0.493 e. The minimum atomic E-state index is -0.505. The maximum atomic E-state index is 12.6. The van der Waals surface area contributed by atoms with Gasteiger partial charge in [-0.15, -0.1) is 0 Å². The van der Waals surface area contributed by atoms with Gasteiger partial charge in [0.2, 0.25) is 0 Å². The molecule has 0 bridgehead atoms. The van der Waals surface area contributed by atoms with Gasteiger partial charge in [-0.3, -0.25) is 15.0 Å². The number of hydrogen-bond acceptors (Lipinski definition) is 4. The van der Waals surface area contributed by atoms with E-state index in [0.717, 1.165) is 0 Å². The van der Waals surface area contributed by atoms with E-state index in [1.165, 1.54) is 25.3 Å². The molecule has 0 aliphatic carbocycles. The highest BCUT2D eigenvalue weighted by molar-refractivity contribution is 6.32. The number of carbonyl (C=O) groups excluding carboxylic acids is 2. The molecule has 128 valence electrons. The number of halogens is 1. The Morgan fingerprint density at radius 2 is 1.80 bits per heavy atom. The molecule has 6 nitrogen and oxygen atoms in total. The summed E-state index contributed by atoms with van der Waals surface area (Å²) in [5, 5.41) is 1.60. The van der Waals surface area contributed by atoms with Crippen LogP contribution in [0.15, 0.2) is 48.0 Å². The van der Waals surface area contributed by atoms with E-state index in [1.807, 2.05) is 6.07 Å². The van der Waals surface area contributed by atoms with E-state index in [1.54, 1.807) is 36.4 Å². The number of hydrazine groups is 1. The van der Waals surface area contributed by atoms with Crippen LogP contribution in [0, 0.1) is 0 Å². The molecule has 3 rings (SSSR count). The summed E-state index contributed by atoms with van der Waals surface area (Å²) in [5.74, 6) is -0.169. The monoisotopic (exact) mass is 358 g/mol. The summed E-state index contributed by atoms with van der Waals surface area (Å²) < 4.78 is 10.6. The van der Waals surface area contributed by atoms with Gasteiger partial charge in [0.15, 0.2) is 11.5 Å². The van der Waals surface area contributed by atoms with Crippen LogP contribution in [0.4, 0.5) is 5.69 Å². The number of amides is 2. The molecule has 0 spiro atoms. The van der Waals surface area contributed by atoms with Gasteiger partial charge in [0, 0.05) is 16.7 Å². The Labute approximate surface area is 149 Å². The van der Waals surface area contributed by atoms with Crippen LogP contribution in [0.2, 0.25) is 5.02 Å². The summed E-state index contributed by atoms with van der Waals surface area (Å²) in [7, 11) is 2.95. The van der Waals surface area contributed by atoms with E-state index < -0.39 is 11.8 Å². The van der Waals surface area contributed by atoms with E-state index in [9.17, 15) is 9.59 Å². The predicted molar refractivity (Wildman–Crippen MR) is 94.6 cm³/mol. The molecule has 2 aromatic rings. The van der Waals surface area contributed by atoms with Gasteiger partial charge in [0.1, 0.15) is 5.57 Å². The number of para-hydroxylation sites is 1. The summed E-state index contributed by atoms with van der Waals surface area (Å²) in [5.41, 5.74) is 3.56. The summed E-state index contributed by atoms with van der Waals surface area (Å²) >= 11 is 6.08. The van der Waals surface area contributed by atoms with Gasteiger partial charge in [-0.1, -0.05) is 29.8 Å². The summed E-state index contributed by atoms with van der Waals surface area (Å²) in [6.07, 6.45) is 1.44. The van der Waals surface area contributed by atoms with Crippen LogP contribution in [0.25, 0.3) is 6.08 Å². The number of ether oxygens (including phenoxy) is 2. The predicted octanol–water partition coefficient (Wildman–Crippen LogP) is 2.82. The first-order valence-electron chi connectivity index (χ1n) is 7.39. The highest BCUT2D eigenvalue weighted by Crippen LogP contribution is 2.36. The molecule has 0 aromatic heterocycles. The van der Waals surface area contributed by atoms with Crippen molar-refractivity contribution in [2.75, 3.05) is 19.2 Å². The zero-order valence-corrected chi connectivity index (χ0v) is 14.3. The molecule has 2 aromatic carbocycles. The average Bonchev–Trinajstić information content (AvgIpc) is 2.90. The molecule has 0 unspecified atom stereocenters. The largest absolute Gasteiger partial charge is 0.493 e. The zero-order valence-electron chi connectivity index (χ0n) is 13.6. The Morgan fingerprint density at radius 1 is 1.08 bits per heavy atom. The Balaban J connectivity index is 2.03. The van der Waals surface area contributed by atoms with Crippen molar-refractivity contribution in [1.29, 1.82) is 0 Å². The number of nitrogens with one attached hydrogen (secondary N) is 1. The quantitative estimate of drug-likeness (QED) is 0.674. The number of nitrogens with zero attached hydrogens (tertiary/aromatic N) is 1.